The molecule has 17 heavy (non-hydrogen) atoms. The van der Waals surface area contributed by atoms with Crippen molar-refractivity contribution >= 4 is 5.95 Å². The minimum absolute atomic E-state index is 0.142. The number of hydrogen-bond acceptors (Lipinski definition) is 4. The van der Waals surface area contributed by atoms with E-state index in [1.54, 1.807) is 0 Å². The van der Waals surface area contributed by atoms with Crippen LogP contribution in [-0.4, -0.2) is 22.1 Å². The summed E-state index contributed by atoms with van der Waals surface area (Å²) in [5.41, 5.74) is 0.941. The minimum Gasteiger partial charge on any atom is -0.475 e. The summed E-state index contributed by atoms with van der Waals surface area (Å²) in [6.45, 7) is 5.97. The predicted octanol–water partition coefficient (Wildman–Crippen LogP) is 2.93. The van der Waals surface area contributed by atoms with Crippen molar-refractivity contribution in [3.8, 4) is 5.88 Å². The lowest BCUT2D eigenvalue weighted by molar-refractivity contribution is 0.232. The van der Waals surface area contributed by atoms with Gasteiger partial charge < -0.3 is 10.1 Å². The van der Waals surface area contributed by atoms with E-state index < -0.39 is 0 Å². The van der Waals surface area contributed by atoms with Crippen LogP contribution in [0.15, 0.2) is 6.07 Å². The molecule has 1 aliphatic carbocycles. The summed E-state index contributed by atoms with van der Waals surface area (Å²) >= 11 is 0. The Bertz CT molecular complexity index is 373. The van der Waals surface area contributed by atoms with E-state index in [9.17, 15) is 0 Å². The molecule has 0 saturated heterocycles. The summed E-state index contributed by atoms with van der Waals surface area (Å²) in [5, 5.41) is 3.39. The molecule has 0 unspecified atom stereocenters. The van der Waals surface area contributed by atoms with Gasteiger partial charge in [0.05, 0.1) is 6.10 Å². The lowest BCUT2D eigenvalue weighted by atomic mass is 10.2. The summed E-state index contributed by atoms with van der Waals surface area (Å²) in [4.78, 5) is 8.80. The first-order chi connectivity index (χ1) is 8.13. The van der Waals surface area contributed by atoms with Gasteiger partial charge in [0, 0.05) is 17.8 Å². The first-order valence-electron chi connectivity index (χ1n) is 6.42. The summed E-state index contributed by atoms with van der Waals surface area (Å²) in [6.07, 6.45) is 5.19. The number of anilines is 1. The van der Waals surface area contributed by atoms with Gasteiger partial charge in [0.1, 0.15) is 0 Å². The smallest absolute Gasteiger partial charge is 0.226 e. The van der Waals surface area contributed by atoms with Gasteiger partial charge in [-0.2, -0.15) is 4.98 Å². The van der Waals surface area contributed by atoms with Gasteiger partial charge in [0.2, 0.25) is 11.8 Å². The molecule has 0 spiro atoms. The number of rotatable bonds is 4. The molecule has 1 aromatic rings. The number of nitrogens with one attached hydrogen (secondary N) is 1. The molecule has 1 aromatic heterocycles. The highest BCUT2D eigenvalue weighted by molar-refractivity contribution is 5.32. The number of hydrogen-bond donors (Lipinski definition) is 1. The molecular weight excluding hydrogens is 214 g/mol. The normalized spacial score (nSPS) is 16.5. The van der Waals surface area contributed by atoms with E-state index in [-0.39, 0.29) is 6.10 Å². The summed E-state index contributed by atoms with van der Waals surface area (Å²) in [5.74, 6) is 1.36. The molecule has 1 aliphatic rings. The Balaban J connectivity index is 2.07. The predicted molar refractivity (Wildman–Crippen MR) is 68.4 cm³/mol. The SMILES string of the molecule is Cc1cc(OC(C)C)nc(NC2CCCC2)n1. The zero-order valence-corrected chi connectivity index (χ0v) is 10.9. The number of aromatic nitrogens is 2. The fourth-order valence-corrected chi connectivity index (χ4v) is 2.16. The van der Waals surface area contributed by atoms with Gasteiger partial charge in [-0.15, -0.1) is 0 Å². The van der Waals surface area contributed by atoms with Crippen molar-refractivity contribution in [1.29, 1.82) is 0 Å². The van der Waals surface area contributed by atoms with Crippen LogP contribution in [0.2, 0.25) is 0 Å². The second kappa shape index (κ2) is 5.34. The van der Waals surface area contributed by atoms with Crippen LogP contribution in [0, 0.1) is 6.92 Å². The third-order valence-electron chi connectivity index (χ3n) is 2.88. The maximum Gasteiger partial charge on any atom is 0.226 e. The highest BCUT2D eigenvalue weighted by atomic mass is 16.5. The Morgan fingerprint density at radius 3 is 2.65 bits per heavy atom. The fourth-order valence-electron chi connectivity index (χ4n) is 2.16. The summed E-state index contributed by atoms with van der Waals surface area (Å²) in [7, 11) is 0. The standard InChI is InChI=1S/C13H21N3O/c1-9(2)17-12-8-10(3)14-13(16-12)15-11-6-4-5-7-11/h8-9,11H,4-7H2,1-3H3,(H,14,15,16). The van der Waals surface area contributed by atoms with Crippen LogP contribution in [0.1, 0.15) is 45.2 Å². The topological polar surface area (TPSA) is 47.0 Å². The average molecular weight is 235 g/mol. The third-order valence-corrected chi connectivity index (χ3v) is 2.88. The van der Waals surface area contributed by atoms with Crippen molar-refractivity contribution in [2.75, 3.05) is 5.32 Å². The van der Waals surface area contributed by atoms with Gasteiger partial charge in [-0.05, 0) is 33.6 Å². The molecule has 0 atom stereocenters. The molecule has 1 heterocycles. The molecule has 2 rings (SSSR count). The Kier molecular flexibility index (Phi) is 3.82. The van der Waals surface area contributed by atoms with Crippen LogP contribution >= 0.6 is 0 Å². The van der Waals surface area contributed by atoms with Gasteiger partial charge in [-0.3, -0.25) is 0 Å². The maximum atomic E-state index is 5.61. The first kappa shape index (κ1) is 12.1. The largest absolute Gasteiger partial charge is 0.475 e. The fraction of sp³-hybridized carbons (Fsp3) is 0.692. The Morgan fingerprint density at radius 1 is 1.29 bits per heavy atom. The highest BCUT2D eigenvalue weighted by Gasteiger charge is 2.16. The van der Waals surface area contributed by atoms with Gasteiger partial charge in [0.25, 0.3) is 0 Å². The third kappa shape index (κ3) is 3.58. The van der Waals surface area contributed by atoms with Crippen molar-refractivity contribution in [3.63, 3.8) is 0 Å². The molecule has 0 amide bonds. The lowest BCUT2D eigenvalue weighted by Gasteiger charge is -2.14. The Hall–Kier alpha value is -1.32. The minimum atomic E-state index is 0.142. The lowest BCUT2D eigenvalue weighted by Crippen LogP contribution is -2.17. The van der Waals surface area contributed by atoms with E-state index in [4.69, 9.17) is 4.74 Å². The van der Waals surface area contributed by atoms with Crippen LogP contribution in [0.4, 0.5) is 5.95 Å². The molecule has 0 radical (unpaired) electrons. The quantitative estimate of drug-likeness (QED) is 0.871. The van der Waals surface area contributed by atoms with E-state index in [2.05, 4.69) is 15.3 Å². The van der Waals surface area contributed by atoms with E-state index in [1.165, 1.54) is 25.7 Å². The van der Waals surface area contributed by atoms with Crippen molar-refractivity contribution in [2.24, 2.45) is 0 Å². The second-order valence-corrected chi connectivity index (χ2v) is 4.96. The van der Waals surface area contributed by atoms with E-state index >= 15 is 0 Å². The number of aryl methyl sites for hydroxylation is 1. The van der Waals surface area contributed by atoms with Crippen molar-refractivity contribution < 1.29 is 4.74 Å². The van der Waals surface area contributed by atoms with Crippen molar-refractivity contribution in [1.82, 2.24) is 9.97 Å². The van der Waals surface area contributed by atoms with Crippen LogP contribution in [-0.2, 0) is 0 Å². The molecule has 1 saturated carbocycles. The molecule has 0 bridgehead atoms. The number of nitrogens with zero attached hydrogens (tertiary/aromatic N) is 2. The van der Waals surface area contributed by atoms with Crippen LogP contribution < -0.4 is 10.1 Å². The zero-order valence-electron chi connectivity index (χ0n) is 10.9. The Labute approximate surface area is 103 Å². The average Bonchev–Trinajstić information content (AvgIpc) is 2.67. The van der Waals surface area contributed by atoms with Gasteiger partial charge in [-0.1, -0.05) is 12.8 Å². The Morgan fingerprint density at radius 2 is 2.00 bits per heavy atom. The van der Waals surface area contributed by atoms with Crippen LogP contribution in [0.5, 0.6) is 5.88 Å². The van der Waals surface area contributed by atoms with E-state index in [0.29, 0.717) is 17.9 Å². The zero-order chi connectivity index (χ0) is 12.3. The molecule has 0 aliphatic heterocycles. The highest BCUT2D eigenvalue weighted by Crippen LogP contribution is 2.22. The van der Waals surface area contributed by atoms with E-state index in [1.807, 2.05) is 26.8 Å². The first-order valence-corrected chi connectivity index (χ1v) is 6.42. The van der Waals surface area contributed by atoms with Gasteiger partial charge >= 0.3 is 0 Å². The summed E-state index contributed by atoms with van der Waals surface area (Å²) < 4.78 is 5.61. The number of ether oxygens (including phenoxy) is 1. The van der Waals surface area contributed by atoms with Crippen LogP contribution in [0.25, 0.3) is 0 Å². The van der Waals surface area contributed by atoms with Crippen molar-refractivity contribution in [3.05, 3.63) is 11.8 Å². The van der Waals surface area contributed by atoms with E-state index in [0.717, 1.165) is 5.69 Å². The summed E-state index contributed by atoms with van der Waals surface area (Å²) in [6, 6.07) is 2.41. The molecule has 0 aromatic carbocycles. The van der Waals surface area contributed by atoms with Gasteiger partial charge in [0.15, 0.2) is 0 Å². The molecular formula is C13H21N3O. The molecule has 1 fully saturated rings. The second-order valence-electron chi connectivity index (χ2n) is 4.96. The molecule has 4 nitrogen and oxygen atoms in total. The molecule has 1 N–H and O–H groups in total. The molecule has 4 heteroatoms. The monoisotopic (exact) mass is 235 g/mol. The molecule has 94 valence electrons. The van der Waals surface area contributed by atoms with Crippen molar-refractivity contribution in [2.45, 2.75) is 58.6 Å². The maximum absolute atomic E-state index is 5.61. The van der Waals surface area contributed by atoms with Gasteiger partial charge in [-0.25, -0.2) is 4.98 Å². The van der Waals surface area contributed by atoms with Crippen LogP contribution in [0.3, 0.4) is 0 Å².